The summed E-state index contributed by atoms with van der Waals surface area (Å²) < 4.78 is 4.90. The SMILES string of the molecule is CC(=O)OC(C)C(=O)Nc1c(C)c(C)c(C)c(C)c1C. The van der Waals surface area contributed by atoms with Gasteiger partial charge in [0.05, 0.1) is 0 Å². The van der Waals surface area contributed by atoms with Gasteiger partial charge < -0.3 is 10.1 Å². The van der Waals surface area contributed by atoms with Gasteiger partial charge >= 0.3 is 5.97 Å². The van der Waals surface area contributed by atoms with Gasteiger partial charge in [0.1, 0.15) is 0 Å². The molecule has 0 saturated heterocycles. The molecule has 110 valence electrons. The van der Waals surface area contributed by atoms with E-state index in [2.05, 4.69) is 12.2 Å². The zero-order valence-electron chi connectivity index (χ0n) is 13.3. The normalized spacial score (nSPS) is 11.9. The highest BCUT2D eigenvalue weighted by Crippen LogP contribution is 2.30. The second-order valence-corrected chi connectivity index (χ2v) is 5.24. The van der Waals surface area contributed by atoms with Crippen LogP contribution < -0.4 is 5.32 Å². The number of carbonyl (C=O) groups is 2. The summed E-state index contributed by atoms with van der Waals surface area (Å²) in [6.45, 7) is 13.0. The Kier molecular flexibility index (Phi) is 4.93. The fourth-order valence-corrected chi connectivity index (χ4v) is 2.21. The highest BCUT2D eigenvalue weighted by Gasteiger charge is 2.19. The molecule has 20 heavy (non-hydrogen) atoms. The minimum Gasteiger partial charge on any atom is -0.453 e. The molecule has 1 N–H and O–H groups in total. The standard InChI is InChI=1S/C16H23NO3/c1-8-9(2)11(4)15(12(5)10(8)3)17-16(19)13(6)20-14(7)18/h13H,1-7H3,(H,17,19). The average Bonchev–Trinajstić information content (AvgIpc) is 2.38. The second-order valence-electron chi connectivity index (χ2n) is 5.24. The van der Waals surface area contributed by atoms with Crippen LogP contribution in [0.4, 0.5) is 5.69 Å². The molecule has 1 atom stereocenters. The van der Waals surface area contributed by atoms with Gasteiger partial charge in [0.15, 0.2) is 6.10 Å². The van der Waals surface area contributed by atoms with E-state index >= 15 is 0 Å². The van der Waals surface area contributed by atoms with Gasteiger partial charge in [0.25, 0.3) is 5.91 Å². The molecule has 1 unspecified atom stereocenters. The summed E-state index contributed by atoms with van der Waals surface area (Å²) in [5.41, 5.74) is 6.50. The summed E-state index contributed by atoms with van der Waals surface area (Å²) in [4.78, 5) is 23.0. The van der Waals surface area contributed by atoms with Crippen LogP contribution in [0.15, 0.2) is 0 Å². The molecule has 1 aromatic rings. The van der Waals surface area contributed by atoms with Gasteiger partial charge in [-0.15, -0.1) is 0 Å². The molecule has 0 aliphatic carbocycles. The van der Waals surface area contributed by atoms with Crippen molar-refractivity contribution in [2.75, 3.05) is 5.32 Å². The van der Waals surface area contributed by atoms with Crippen molar-refractivity contribution in [3.8, 4) is 0 Å². The first-order valence-electron chi connectivity index (χ1n) is 6.71. The molecule has 0 fully saturated rings. The first-order chi connectivity index (χ1) is 9.16. The molecule has 0 aliphatic heterocycles. The zero-order chi connectivity index (χ0) is 15.6. The van der Waals surface area contributed by atoms with E-state index in [-0.39, 0.29) is 5.91 Å². The summed E-state index contributed by atoms with van der Waals surface area (Å²) >= 11 is 0. The molecule has 1 aromatic carbocycles. The molecule has 0 aliphatic rings. The smallest absolute Gasteiger partial charge is 0.303 e. The van der Waals surface area contributed by atoms with E-state index in [0.717, 1.165) is 16.8 Å². The Morgan fingerprint density at radius 2 is 1.30 bits per heavy atom. The molecule has 0 heterocycles. The van der Waals surface area contributed by atoms with Crippen molar-refractivity contribution in [1.82, 2.24) is 0 Å². The predicted octanol–water partition coefficient (Wildman–Crippen LogP) is 3.12. The molecule has 4 nitrogen and oxygen atoms in total. The summed E-state index contributed by atoms with van der Waals surface area (Å²) in [5, 5.41) is 2.88. The number of benzene rings is 1. The fraction of sp³-hybridized carbons (Fsp3) is 0.500. The van der Waals surface area contributed by atoms with Crippen molar-refractivity contribution in [3.63, 3.8) is 0 Å². The third kappa shape index (κ3) is 3.18. The average molecular weight is 277 g/mol. The molecule has 0 radical (unpaired) electrons. The number of hydrogen-bond donors (Lipinski definition) is 1. The number of rotatable bonds is 3. The Morgan fingerprint density at radius 1 is 0.900 bits per heavy atom. The monoisotopic (exact) mass is 277 g/mol. The second kappa shape index (κ2) is 6.07. The number of anilines is 1. The molecular formula is C16H23NO3. The van der Waals surface area contributed by atoms with Gasteiger partial charge in [-0.2, -0.15) is 0 Å². The Bertz CT molecular complexity index is 532. The summed E-state index contributed by atoms with van der Waals surface area (Å²) in [6, 6.07) is 0. The van der Waals surface area contributed by atoms with E-state index in [0.29, 0.717) is 0 Å². The van der Waals surface area contributed by atoms with Gasteiger partial charge in [-0.3, -0.25) is 9.59 Å². The van der Waals surface area contributed by atoms with Crippen molar-refractivity contribution < 1.29 is 14.3 Å². The number of esters is 1. The Hall–Kier alpha value is -1.84. The molecule has 1 amide bonds. The van der Waals surface area contributed by atoms with Gasteiger partial charge in [-0.25, -0.2) is 0 Å². The zero-order valence-corrected chi connectivity index (χ0v) is 13.3. The lowest BCUT2D eigenvalue weighted by atomic mass is 9.93. The van der Waals surface area contributed by atoms with Crippen LogP contribution in [0.3, 0.4) is 0 Å². The molecule has 4 heteroatoms. The van der Waals surface area contributed by atoms with Crippen molar-refractivity contribution in [2.45, 2.75) is 54.6 Å². The lowest BCUT2D eigenvalue weighted by molar-refractivity contribution is -0.150. The maximum atomic E-state index is 12.1. The lowest BCUT2D eigenvalue weighted by Crippen LogP contribution is -2.30. The van der Waals surface area contributed by atoms with Crippen molar-refractivity contribution in [1.29, 1.82) is 0 Å². The molecular weight excluding hydrogens is 254 g/mol. The van der Waals surface area contributed by atoms with Crippen LogP contribution in [0.5, 0.6) is 0 Å². The topological polar surface area (TPSA) is 55.4 Å². The first kappa shape index (κ1) is 16.2. The quantitative estimate of drug-likeness (QED) is 0.864. The van der Waals surface area contributed by atoms with Crippen LogP contribution in [-0.2, 0) is 14.3 Å². The summed E-state index contributed by atoms with van der Waals surface area (Å²) in [7, 11) is 0. The third-order valence-corrected chi connectivity index (χ3v) is 3.96. The van der Waals surface area contributed by atoms with E-state index in [1.807, 2.05) is 27.7 Å². The predicted molar refractivity (Wildman–Crippen MR) is 80.0 cm³/mol. The highest BCUT2D eigenvalue weighted by atomic mass is 16.5. The maximum absolute atomic E-state index is 12.1. The molecule has 0 aromatic heterocycles. The third-order valence-electron chi connectivity index (χ3n) is 3.96. The van der Waals surface area contributed by atoms with Crippen LogP contribution in [0.1, 0.15) is 41.7 Å². The Balaban J connectivity index is 3.10. The van der Waals surface area contributed by atoms with Crippen molar-refractivity contribution in [2.24, 2.45) is 0 Å². The minimum atomic E-state index is -0.798. The fourth-order valence-electron chi connectivity index (χ4n) is 2.21. The number of carbonyl (C=O) groups excluding carboxylic acids is 2. The van der Waals surface area contributed by atoms with Crippen LogP contribution in [0.2, 0.25) is 0 Å². The minimum absolute atomic E-state index is 0.311. The van der Waals surface area contributed by atoms with E-state index in [1.54, 1.807) is 6.92 Å². The Morgan fingerprint density at radius 3 is 1.70 bits per heavy atom. The maximum Gasteiger partial charge on any atom is 0.303 e. The van der Waals surface area contributed by atoms with Gasteiger partial charge in [-0.1, -0.05) is 0 Å². The molecule has 0 spiro atoms. The van der Waals surface area contributed by atoms with Crippen LogP contribution in [0, 0.1) is 34.6 Å². The van der Waals surface area contributed by atoms with Gasteiger partial charge in [0, 0.05) is 12.6 Å². The number of nitrogens with one attached hydrogen (secondary N) is 1. The summed E-state index contributed by atoms with van der Waals surface area (Å²) in [6.07, 6.45) is -0.798. The van der Waals surface area contributed by atoms with E-state index in [1.165, 1.54) is 23.6 Å². The van der Waals surface area contributed by atoms with Crippen molar-refractivity contribution in [3.05, 3.63) is 27.8 Å². The van der Waals surface area contributed by atoms with Crippen LogP contribution in [0.25, 0.3) is 0 Å². The van der Waals surface area contributed by atoms with Crippen molar-refractivity contribution >= 4 is 17.6 Å². The van der Waals surface area contributed by atoms with Crippen LogP contribution in [-0.4, -0.2) is 18.0 Å². The van der Waals surface area contributed by atoms with E-state index in [9.17, 15) is 9.59 Å². The molecule has 1 rings (SSSR count). The molecule has 0 saturated carbocycles. The van der Waals surface area contributed by atoms with E-state index < -0.39 is 12.1 Å². The van der Waals surface area contributed by atoms with Gasteiger partial charge in [-0.05, 0) is 69.4 Å². The number of ether oxygens (including phenoxy) is 1. The van der Waals surface area contributed by atoms with Gasteiger partial charge in [0.2, 0.25) is 0 Å². The first-order valence-corrected chi connectivity index (χ1v) is 6.71. The largest absolute Gasteiger partial charge is 0.453 e. The number of amides is 1. The highest BCUT2D eigenvalue weighted by molar-refractivity contribution is 5.96. The Labute approximate surface area is 120 Å². The summed E-state index contributed by atoms with van der Waals surface area (Å²) in [5.74, 6) is -0.772. The molecule has 0 bridgehead atoms. The lowest BCUT2D eigenvalue weighted by Gasteiger charge is -2.20. The number of hydrogen-bond acceptors (Lipinski definition) is 3. The van der Waals surface area contributed by atoms with E-state index in [4.69, 9.17) is 4.74 Å². The van der Waals surface area contributed by atoms with Crippen LogP contribution >= 0.6 is 0 Å².